The number of nitrogens with zero attached hydrogens (tertiary/aromatic N) is 3. The molecule has 0 aliphatic heterocycles. The third-order valence-corrected chi connectivity index (χ3v) is 10.1. The first-order chi connectivity index (χ1) is 24.5. The lowest BCUT2D eigenvalue weighted by molar-refractivity contribution is -0.124. The van der Waals surface area contributed by atoms with Gasteiger partial charge < -0.3 is 25.4 Å². The van der Waals surface area contributed by atoms with Gasteiger partial charge in [-0.2, -0.15) is 0 Å². The summed E-state index contributed by atoms with van der Waals surface area (Å²) in [7, 11) is 1.68. The van der Waals surface area contributed by atoms with E-state index in [-0.39, 0.29) is 30.9 Å². The largest absolute Gasteiger partial charge is 0.443 e. The standard InChI is InChI=1S/C37H49N7O5S2/c1-24(2)33(41-36(47)44(5)20-29-22-50-35(40-29)25(3)4)34(46)39-28(16-26-12-8-6-9-13-26)18-32(45)31(17-27-14-10-7-11-15-27)42-43-37(48)49-21-30-19-38-23-51-30/h6-15,19,22-25,28,31-33,42,45H,16-18,20-21H2,1-5H3,(H,39,46)(H,41,47)(H,43,48)/t28-,31-,32-,33-/m0/s1. The molecule has 2 heterocycles. The molecular weight excluding hydrogens is 687 g/mol. The van der Waals surface area contributed by atoms with Crippen LogP contribution in [0, 0.1) is 5.92 Å². The van der Waals surface area contributed by atoms with Crippen LogP contribution in [0.5, 0.6) is 0 Å². The van der Waals surface area contributed by atoms with E-state index in [0.29, 0.717) is 25.3 Å². The van der Waals surface area contributed by atoms with Gasteiger partial charge in [0.25, 0.3) is 0 Å². The van der Waals surface area contributed by atoms with Crippen molar-refractivity contribution in [2.45, 2.75) is 90.3 Å². The number of hydrazine groups is 1. The molecule has 4 rings (SSSR count). The van der Waals surface area contributed by atoms with E-state index in [2.05, 4.69) is 45.3 Å². The highest BCUT2D eigenvalue weighted by atomic mass is 32.1. The molecule has 0 radical (unpaired) electrons. The van der Waals surface area contributed by atoms with E-state index in [9.17, 15) is 19.5 Å². The van der Waals surface area contributed by atoms with E-state index in [1.807, 2.05) is 79.9 Å². The molecule has 4 atom stereocenters. The first-order valence-electron chi connectivity index (χ1n) is 17.1. The van der Waals surface area contributed by atoms with Crippen molar-refractivity contribution < 1.29 is 24.2 Å². The zero-order chi connectivity index (χ0) is 36.8. The van der Waals surface area contributed by atoms with Gasteiger partial charge in [-0.1, -0.05) is 88.4 Å². The van der Waals surface area contributed by atoms with E-state index in [4.69, 9.17) is 4.74 Å². The van der Waals surface area contributed by atoms with E-state index >= 15 is 0 Å². The third-order valence-electron chi connectivity index (χ3n) is 8.19. The molecule has 0 fully saturated rings. The Balaban J connectivity index is 1.45. The summed E-state index contributed by atoms with van der Waals surface area (Å²) in [6.07, 6.45) is 0.909. The number of benzene rings is 2. The maximum atomic E-state index is 13.9. The minimum Gasteiger partial charge on any atom is -0.443 e. The van der Waals surface area contributed by atoms with Gasteiger partial charge in [-0.15, -0.1) is 22.7 Å². The van der Waals surface area contributed by atoms with Crippen LogP contribution >= 0.6 is 22.7 Å². The highest BCUT2D eigenvalue weighted by Gasteiger charge is 2.30. The number of carbonyl (C=O) groups is 3. The number of amides is 4. The number of nitrogens with one attached hydrogen (secondary N) is 4. The number of carbonyl (C=O) groups excluding carboxylic acids is 3. The van der Waals surface area contributed by atoms with Gasteiger partial charge in [0, 0.05) is 30.6 Å². The zero-order valence-corrected chi connectivity index (χ0v) is 31.4. The minimum atomic E-state index is -1.01. The number of ether oxygens (including phenoxy) is 1. The molecule has 274 valence electrons. The second-order valence-corrected chi connectivity index (χ2v) is 15.0. The summed E-state index contributed by atoms with van der Waals surface area (Å²) < 4.78 is 5.30. The molecule has 0 bridgehead atoms. The lowest BCUT2D eigenvalue weighted by Crippen LogP contribution is -2.56. The molecule has 2 aromatic carbocycles. The molecule has 2 aromatic heterocycles. The second kappa shape index (κ2) is 19.9. The zero-order valence-electron chi connectivity index (χ0n) is 29.7. The van der Waals surface area contributed by atoms with Gasteiger partial charge in [0.2, 0.25) is 5.91 Å². The number of urea groups is 1. The number of aromatic nitrogens is 2. The molecule has 51 heavy (non-hydrogen) atoms. The number of rotatable bonds is 18. The van der Waals surface area contributed by atoms with E-state index in [1.54, 1.807) is 30.1 Å². The predicted molar refractivity (Wildman–Crippen MR) is 200 cm³/mol. The molecule has 4 amide bonds. The molecule has 0 unspecified atom stereocenters. The molecular formula is C37H49N7O5S2. The van der Waals surface area contributed by atoms with E-state index < -0.39 is 30.3 Å². The first-order valence-corrected chi connectivity index (χ1v) is 18.8. The van der Waals surface area contributed by atoms with Crippen molar-refractivity contribution in [1.29, 1.82) is 0 Å². The normalized spacial score (nSPS) is 13.6. The fourth-order valence-electron chi connectivity index (χ4n) is 5.38. The molecule has 12 nitrogen and oxygen atoms in total. The van der Waals surface area contributed by atoms with Gasteiger partial charge in [-0.3, -0.25) is 15.2 Å². The molecule has 4 aromatic rings. The fourth-order valence-corrected chi connectivity index (χ4v) is 6.71. The molecule has 0 aliphatic rings. The summed E-state index contributed by atoms with van der Waals surface area (Å²) in [5, 5.41) is 20.7. The maximum absolute atomic E-state index is 13.9. The van der Waals surface area contributed by atoms with Crippen LogP contribution in [0.15, 0.2) is 77.8 Å². The Labute approximate surface area is 308 Å². The van der Waals surface area contributed by atoms with Crippen molar-refractivity contribution >= 4 is 40.7 Å². The summed E-state index contributed by atoms with van der Waals surface area (Å²) in [6, 6.07) is 16.9. The van der Waals surface area contributed by atoms with E-state index in [0.717, 1.165) is 26.7 Å². The van der Waals surface area contributed by atoms with Gasteiger partial charge in [0.05, 0.1) is 39.8 Å². The van der Waals surface area contributed by atoms with Crippen LogP contribution in [0.2, 0.25) is 0 Å². The summed E-state index contributed by atoms with van der Waals surface area (Å²) in [4.78, 5) is 50.6. The van der Waals surface area contributed by atoms with Gasteiger partial charge in [0.1, 0.15) is 12.6 Å². The lowest BCUT2D eigenvalue weighted by Gasteiger charge is -2.30. The number of hydrogen-bond acceptors (Lipinski definition) is 10. The second-order valence-electron chi connectivity index (χ2n) is 13.2. The highest BCUT2D eigenvalue weighted by Crippen LogP contribution is 2.20. The molecule has 5 N–H and O–H groups in total. The summed E-state index contributed by atoms with van der Waals surface area (Å²) in [6.45, 7) is 8.29. The number of thiazole rings is 2. The van der Waals surface area contributed by atoms with Gasteiger partial charge >= 0.3 is 12.1 Å². The van der Waals surface area contributed by atoms with Crippen LogP contribution in [-0.2, 0) is 35.5 Å². The lowest BCUT2D eigenvalue weighted by atomic mass is 9.93. The molecule has 0 spiro atoms. The Morgan fingerprint density at radius 1 is 0.922 bits per heavy atom. The number of aliphatic hydroxyl groups is 1. The van der Waals surface area contributed by atoms with Crippen molar-refractivity contribution in [1.82, 2.24) is 36.4 Å². The summed E-state index contributed by atoms with van der Waals surface area (Å²) in [5.74, 6) is -0.270. The fraction of sp³-hybridized carbons (Fsp3) is 0.432. The topological polar surface area (TPSA) is 158 Å². The predicted octanol–water partition coefficient (Wildman–Crippen LogP) is 5.41. The molecule has 14 heteroatoms. The van der Waals surface area contributed by atoms with Crippen LogP contribution in [0.25, 0.3) is 0 Å². The van der Waals surface area contributed by atoms with Crippen molar-refractivity contribution in [2.75, 3.05) is 7.05 Å². The molecule has 0 aliphatic carbocycles. The van der Waals surface area contributed by atoms with Crippen LogP contribution in [0.1, 0.15) is 66.7 Å². The van der Waals surface area contributed by atoms with Crippen molar-refractivity contribution in [3.05, 3.63) is 104 Å². The van der Waals surface area contributed by atoms with Crippen molar-refractivity contribution in [3.63, 3.8) is 0 Å². The minimum absolute atomic E-state index is 0.0720. The smallest absolute Gasteiger partial charge is 0.421 e. The van der Waals surface area contributed by atoms with Crippen molar-refractivity contribution in [2.24, 2.45) is 5.92 Å². The van der Waals surface area contributed by atoms with Crippen LogP contribution in [0.3, 0.4) is 0 Å². The van der Waals surface area contributed by atoms with Gasteiger partial charge in [-0.05, 0) is 36.3 Å². The third kappa shape index (κ3) is 13.0. The van der Waals surface area contributed by atoms with Crippen molar-refractivity contribution in [3.8, 4) is 0 Å². The average molecular weight is 736 g/mol. The Morgan fingerprint density at radius 3 is 2.18 bits per heavy atom. The van der Waals surface area contributed by atoms with Crippen LogP contribution < -0.4 is 21.5 Å². The monoisotopic (exact) mass is 735 g/mol. The van der Waals surface area contributed by atoms with Crippen LogP contribution in [-0.4, -0.2) is 69.3 Å². The molecule has 0 saturated carbocycles. The van der Waals surface area contributed by atoms with Gasteiger partial charge in [0.15, 0.2) is 0 Å². The maximum Gasteiger partial charge on any atom is 0.421 e. The molecule has 0 saturated heterocycles. The SMILES string of the molecule is CC(C)c1nc(CN(C)C(=O)N[C@H](C(=O)N[C@@H](Cc2ccccc2)C[C@H](O)[C@H](Cc2ccccc2)NNC(=O)OCc2cncs2)C(C)C)cs1. The quantitative estimate of drug-likeness (QED) is 0.0850. The Hall–Kier alpha value is -4.37. The van der Waals surface area contributed by atoms with Gasteiger partial charge in [-0.25, -0.2) is 20.0 Å². The summed E-state index contributed by atoms with van der Waals surface area (Å²) >= 11 is 2.95. The summed E-state index contributed by atoms with van der Waals surface area (Å²) in [5.41, 5.74) is 9.91. The highest BCUT2D eigenvalue weighted by molar-refractivity contribution is 7.09. The van der Waals surface area contributed by atoms with Crippen LogP contribution in [0.4, 0.5) is 9.59 Å². The first kappa shape index (κ1) is 39.4. The Morgan fingerprint density at radius 2 is 1.59 bits per heavy atom. The number of aliphatic hydroxyl groups excluding tert-OH is 1. The Bertz CT molecular complexity index is 1640. The average Bonchev–Trinajstić information content (AvgIpc) is 3.81. The number of hydrogen-bond donors (Lipinski definition) is 5. The van der Waals surface area contributed by atoms with E-state index in [1.165, 1.54) is 16.2 Å². The Kier molecular flexibility index (Phi) is 15.4.